The van der Waals surface area contributed by atoms with Gasteiger partial charge in [0.2, 0.25) is 0 Å². The predicted octanol–water partition coefficient (Wildman–Crippen LogP) is 2.37. The Hall–Kier alpha value is -1.22. The van der Waals surface area contributed by atoms with Crippen molar-refractivity contribution in [2.45, 2.75) is 13.8 Å². The highest BCUT2D eigenvalue weighted by atomic mass is 16.5. The molecule has 0 atom stereocenters. The van der Waals surface area contributed by atoms with Gasteiger partial charge in [0, 0.05) is 19.3 Å². The first-order valence-electron chi connectivity index (χ1n) is 5.07. The molecule has 0 aliphatic carbocycles. The van der Waals surface area contributed by atoms with Crippen LogP contribution in [0.15, 0.2) is 12.1 Å². The average molecular weight is 209 g/mol. The van der Waals surface area contributed by atoms with Crippen LogP contribution in [0, 0.1) is 13.8 Å². The number of nitrogens with one attached hydrogen (secondary N) is 1. The normalized spacial score (nSPS) is 10.1. The Morgan fingerprint density at radius 2 is 1.87 bits per heavy atom. The molecule has 0 aliphatic heterocycles. The van der Waals surface area contributed by atoms with Crippen LogP contribution in [-0.2, 0) is 4.74 Å². The van der Waals surface area contributed by atoms with E-state index in [0.717, 1.165) is 18.0 Å². The monoisotopic (exact) mass is 209 g/mol. The fourth-order valence-electron chi connectivity index (χ4n) is 1.50. The zero-order chi connectivity index (χ0) is 11.3. The van der Waals surface area contributed by atoms with E-state index in [2.05, 4.69) is 19.2 Å². The summed E-state index contributed by atoms with van der Waals surface area (Å²) in [6, 6.07) is 4.02. The van der Waals surface area contributed by atoms with Crippen LogP contribution in [0.25, 0.3) is 0 Å². The molecule has 84 valence electrons. The van der Waals surface area contributed by atoms with Gasteiger partial charge in [0.15, 0.2) is 0 Å². The first kappa shape index (κ1) is 11.9. The Balaban J connectivity index is 2.77. The second-order valence-corrected chi connectivity index (χ2v) is 3.48. The van der Waals surface area contributed by atoms with Crippen LogP contribution in [0.5, 0.6) is 5.75 Å². The first-order valence-corrected chi connectivity index (χ1v) is 5.07. The lowest BCUT2D eigenvalue weighted by atomic mass is 10.1. The maximum Gasteiger partial charge on any atom is 0.122 e. The highest BCUT2D eigenvalue weighted by Crippen LogP contribution is 2.26. The van der Waals surface area contributed by atoms with Crippen LogP contribution >= 0.6 is 0 Å². The van der Waals surface area contributed by atoms with E-state index >= 15 is 0 Å². The summed E-state index contributed by atoms with van der Waals surface area (Å²) in [5.41, 5.74) is 3.55. The Kier molecular flexibility index (Phi) is 4.43. The molecular formula is C12H19NO2. The van der Waals surface area contributed by atoms with E-state index < -0.39 is 0 Å². The highest BCUT2D eigenvalue weighted by Gasteiger charge is 2.05. The van der Waals surface area contributed by atoms with Crippen molar-refractivity contribution in [3.63, 3.8) is 0 Å². The molecule has 1 aromatic carbocycles. The van der Waals surface area contributed by atoms with Crippen molar-refractivity contribution in [3.05, 3.63) is 23.3 Å². The molecule has 0 heterocycles. The second-order valence-electron chi connectivity index (χ2n) is 3.48. The van der Waals surface area contributed by atoms with Gasteiger partial charge in [0.1, 0.15) is 5.75 Å². The molecule has 0 spiro atoms. The molecule has 0 amide bonds. The number of ether oxygens (including phenoxy) is 2. The lowest BCUT2D eigenvalue weighted by Crippen LogP contribution is -2.09. The van der Waals surface area contributed by atoms with Crippen LogP contribution in [0.3, 0.4) is 0 Å². The van der Waals surface area contributed by atoms with Crippen molar-refractivity contribution in [2.75, 3.05) is 32.7 Å². The zero-order valence-electron chi connectivity index (χ0n) is 9.89. The molecular weight excluding hydrogens is 190 g/mol. The quantitative estimate of drug-likeness (QED) is 0.755. The molecule has 3 heteroatoms. The van der Waals surface area contributed by atoms with Gasteiger partial charge in [-0.2, -0.15) is 0 Å². The lowest BCUT2D eigenvalue weighted by Gasteiger charge is -2.13. The third kappa shape index (κ3) is 2.86. The SMILES string of the molecule is COCCNc1ccc(OC)c(C)c1C. The standard InChI is InChI=1S/C12H19NO2/c1-9-10(2)12(15-4)6-5-11(9)13-7-8-14-3/h5-6,13H,7-8H2,1-4H3. The molecule has 0 saturated carbocycles. The third-order valence-corrected chi connectivity index (χ3v) is 2.58. The number of benzene rings is 1. The van der Waals surface area contributed by atoms with Gasteiger partial charge < -0.3 is 14.8 Å². The minimum Gasteiger partial charge on any atom is -0.496 e. The van der Waals surface area contributed by atoms with Gasteiger partial charge in [0.25, 0.3) is 0 Å². The van der Waals surface area contributed by atoms with Crippen molar-refractivity contribution < 1.29 is 9.47 Å². The van der Waals surface area contributed by atoms with Crippen LogP contribution < -0.4 is 10.1 Å². The van der Waals surface area contributed by atoms with Crippen molar-refractivity contribution in [1.29, 1.82) is 0 Å². The summed E-state index contributed by atoms with van der Waals surface area (Å²) in [5, 5.41) is 3.33. The molecule has 0 saturated heterocycles. The number of hydrogen-bond acceptors (Lipinski definition) is 3. The maximum absolute atomic E-state index is 5.25. The number of hydrogen-bond donors (Lipinski definition) is 1. The Labute approximate surface area is 91.4 Å². The van der Waals surface area contributed by atoms with E-state index in [4.69, 9.17) is 9.47 Å². The van der Waals surface area contributed by atoms with Crippen molar-refractivity contribution in [3.8, 4) is 5.75 Å². The van der Waals surface area contributed by atoms with Gasteiger partial charge in [-0.05, 0) is 37.1 Å². The topological polar surface area (TPSA) is 30.5 Å². The second kappa shape index (κ2) is 5.61. The third-order valence-electron chi connectivity index (χ3n) is 2.58. The van der Waals surface area contributed by atoms with E-state index in [1.54, 1.807) is 14.2 Å². The van der Waals surface area contributed by atoms with Gasteiger partial charge in [-0.15, -0.1) is 0 Å². The van der Waals surface area contributed by atoms with Gasteiger partial charge in [0.05, 0.1) is 13.7 Å². The molecule has 0 bridgehead atoms. The van der Waals surface area contributed by atoms with Gasteiger partial charge in [-0.1, -0.05) is 0 Å². The number of rotatable bonds is 5. The molecule has 0 aliphatic rings. The van der Waals surface area contributed by atoms with Crippen molar-refractivity contribution in [1.82, 2.24) is 0 Å². The van der Waals surface area contributed by atoms with Gasteiger partial charge >= 0.3 is 0 Å². The van der Waals surface area contributed by atoms with E-state index in [1.165, 1.54) is 11.1 Å². The summed E-state index contributed by atoms with van der Waals surface area (Å²) in [6.45, 7) is 5.69. The van der Waals surface area contributed by atoms with Crippen molar-refractivity contribution >= 4 is 5.69 Å². The van der Waals surface area contributed by atoms with Crippen LogP contribution in [0.2, 0.25) is 0 Å². The molecule has 0 aromatic heterocycles. The molecule has 0 unspecified atom stereocenters. The number of methoxy groups -OCH3 is 2. The predicted molar refractivity (Wildman–Crippen MR) is 62.8 cm³/mol. The Morgan fingerprint density at radius 1 is 1.13 bits per heavy atom. The fourth-order valence-corrected chi connectivity index (χ4v) is 1.50. The molecule has 15 heavy (non-hydrogen) atoms. The zero-order valence-corrected chi connectivity index (χ0v) is 9.89. The summed E-state index contributed by atoms with van der Waals surface area (Å²) >= 11 is 0. The van der Waals surface area contributed by atoms with Gasteiger partial charge in [-0.25, -0.2) is 0 Å². The van der Waals surface area contributed by atoms with Crippen LogP contribution in [0.1, 0.15) is 11.1 Å². The van der Waals surface area contributed by atoms with Crippen LogP contribution in [0.4, 0.5) is 5.69 Å². The van der Waals surface area contributed by atoms with Crippen LogP contribution in [-0.4, -0.2) is 27.4 Å². The molecule has 1 aromatic rings. The fraction of sp³-hybridized carbons (Fsp3) is 0.500. The smallest absolute Gasteiger partial charge is 0.122 e. The highest BCUT2D eigenvalue weighted by molar-refractivity contribution is 5.58. The molecule has 1 rings (SSSR count). The maximum atomic E-state index is 5.25. The van der Waals surface area contributed by atoms with Gasteiger partial charge in [-0.3, -0.25) is 0 Å². The Bertz CT molecular complexity index is 324. The first-order chi connectivity index (χ1) is 7.20. The summed E-state index contributed by atoms with van der Waals surface area (Å²) < 4.78 is 10.2. The minimum absolute atomic E-state index is 0.713. The molecule has 0 fully saturated rings. The molecule has 0 radical (unpaired) electrons. The van der Waals surface area contributed by atoms with E-state index in [1.807, 2.05) is 12.1 Å². The minimum atomic E-state index is 0.713. The Morgan fingerprint density at radius 3 is 2.47 bits per heavy atom. The molecule has 1 N–H and O–H groups in total. The summed E-state index contributed by atoms with van der Waals surface area (Å²) in [4.78, 5) is 0. The molecule has 3 nitrogen and oxygen atoms in total. The number of anilines is 1. The van der Waals surface area contributed by atoms with E-state index in [9.17, 15) is 0 Å². The summed E-state index contributed by atoms with van der Waals surface area (Å²) in [6.07, 6.45) is 0. The largest absolute Gasteiger partial charge is 0.496 e. The lowest BCUT2D eigenvalue weighted by molar-refractivity contribution is 0.211. The summed E-state index contributed by atoms with van der Waals surface area (Å²) in [7, 11) is 3.40. The van der Waals surface area contributed by atoms with E-state index in [-0.39, 0.29) is 0 Å². The average Bonchev–Trinajstić information content (AvgIpc) is 2.25. The summed E-state index contributed by atoms with van der Waals surface area (Å²) in [5.74, 6) is 0.935. The van der Waals surface area contributed by atoms with Crippen molar-refractivity contribution in [2.24, 2.45) is 0 Å². The van der Waals surface area contributed by atoms with E-state index in [0.29, 0.717) is 6.61 Å².